The number of carbonyl (C=O) groups excluding carboxylic acids is 1. The van der Waals surface area contributed by atoms with Crippen LogP contribution in [0.15, 0.2) is 53.4 Å². The fraction of sp³-hybridized carbons (Fsp3) is 0.385. The van der Waals surface area contributed by atoms with Gasteiger partial charge in [-0.25, -0.2) is 4.98 Å². The second kappa shape index (κ2) is 13.0. The number of nitrogens with one attached hydrogen (secondary N) is 1. The summed E-state index contributed by atoms with van der Waals surface area (Å²) in [6.45, 7) is 4.70. The smallest absolute Gasteiger partial charge is 0.293 e. The van der Waals surface area contributed by atoms with Crippen LogP contribution in [0.25, 0.3) is 10.4 Å². The van der Waals surface area contributed by atoms with Crippen LogP contribution < -0.4 is 5.32 Å². The number of halogens is 1. The molecule has 0 radical (unpaired) electrons. The van der Waals surface area contributed by atoms with E-state index in [2.05, 4.69) is 41.5 Å². The van der Waals surface area contributed by atoms with E-state index in [-0.39, 0.29) is 12.1 Å². The summed E-state index contributed by atoms with van der Waals surface area (Å²) in [5, 5.41) is 4.92. The zero-order valence-corrected chi connectivity index (χ0v) is 22.1. The van der Waals surface area contributed by atoms with Crippen molar-refractivity contribution in [3.05, 3.63) is 64.8 Å². The molecule has 1 fully saturated rings. The van der Waals surface area contributed by atoms with Gasteiger partial charge in [-0.15, -0.1) is 0 Å². The lowest BCUT2D eigenvalue weighted by Crippen LogP contribution is -2.17. The monoisotopic (exact) mass is 518 g/mol. The summed E-state index contributed by atoms with van der Waals surface area (Å²) in [5.74, 6) is 0. The lowest BCUT2D eigenvalue weighted by atomic mass is 10.1. The van der Waals surface area contributed by atoms with Gasteiger partial charge in [0.25, 0.3) is 6.47 Å². The number of rotatable bonds is 8. The Morgan fingerprint density at radius 1 is 1.24 bits per heavy atom. The molecule has 0 aliphatic heterocycles. The number of ether oxygens (including phenoxy) is 1. The first-order chi connectivity index (χ1) is 16.4. The average molecular weight is 519 g/mol. The Bertz CT molecular complexity index is 1100. The molecule has 1 aromatic heterocycles. The molecule has 2 atom stereocenters. The van der Waals surface area contributed by atoms with Gasteiger partial charge in [0.15, 0.2) is 5.13 Å². The van der Waals surface area contributed by atoms with Crippen molar-refractivity contribution in [1.82, 2.24) is 4.98 Å². The van der Waals surface area contributed by atoms with Crippen molar-refractivity contribution < 1.29 is 13.7 Å². The normalized spacial score (nSPS) is 15.2. The molecule has 8 heteroatoms. The number of nitrogens with zero attached hydrogens (tertiary/aromatic N) is 1. The highest BCUT2D eigenvalue weighted by Gasteiger charge is 2.15. The van der Waals surface area contributed by atoms with Gasteiger partial charge < -0.3 is 10.1 Å². The Labute approximate surface area is 213 Å². The van der Waals surface area contributed by atoms with Crippen molar-refractivity contribution in [2.75, 3.05) is 11.6 Å². The highest BCUT2D eigenvalue weighted by Crippen LogP contribution is 2.35. The largest absolute Gasteiger partial charge is 0.465 e. The zero-order chi connectivity index (χ0) is 24.5. The molecule has 1 heterocycles. The molecule has 1 aliphatic rings. The predicted molar refractivity (Wildman–Crippen MR) is 142 cm³/mol. The summed E-state index contributed by atoms with van der Waals surface area (Å²) in [6.07, 6.45) is 7.40. The molecule has 2 unspecified atom stereocenters. The number of carbonyl (C=O) groups is 1. The molecule has 1 saturated carbocycles. The molecular weight excluding hydrogens is 488 g/mol. The van der Waals surface area contributed by atoms with Crippen molar-refractivity contribution in [3.8, 4) is 10.4 Å². The molecule has 34 heavy (non-hydrogen) atoms. The van der Waals surface area contributed by atoms with Crippen LogP contribution in [0.3, 0.4) is 0 Å². The van der Waals surface area contributed by atoms with Gasteiger partial charge in [-0.3, -0.25) is 9.00 Å². The number of thiazole rings is 1. The second-order valence-electron chi connectivity index (χ2n) is 8.41. The minimum atomic E-state index is -1.12. The summed E-state index contributed by atoms with van der Waals surface area (Å²) in [6, 6.07) is 16.4. The van der Waals surface area contributed by atoms with Gasteiger partial charge in [-0.1, -0.05) is 59.3 Å². The van der Waals surface area contributed by atoms with Crippen LogP contribution in [-0.4, -0.2) is 34.1 Å². The van der Waals surface area contributed by atoms with Crippen LogP contribution in [0.4, 0.5) is 5.13 Å². The van der Waals surface area contributed by atoms with Gasteiger partial charge in [0.05, 0.1) is 31.3 Å². The lowest BCUT2D eigenvalue weighted by molar-refractivity contribution is -0.133. The Morgan fingerprint density at radius 3 is 2.59 bits per heavy atom. The van der Waals surface area contributed by atoms with Crippen LogP contribution in [0.5, 0.6) is 0 Å². The third-order valence-electron chi connectivity index (χ3n) is 5.60. The van der Waals surface area contributed by atoms with Gasteiger partial charge in [0.1, 0.15) is 6.10 Å². The van der Waals surface area contributed by atoms with E-state index in [4.69, 9.17) is 16.3 Å². The van der Waals surface area contributed by atoms with E-state index in [1.54, 1.807) is 23.7 Å². The van der Waals surface area contributed by atoms with Crippen molar-refractivity contribution >= 4 is 45.3 Å². The van der Waals surface area contributed by atoms with E-state index in [0.717, 1.165) is 40.5 Å². The summed E-state index contributed by atoms with van der Waals surface area (Å²) in [7, 11) is -1.12. The first-order valence-corrected chi connectivity index (χ1v) is 14.1. The van der Waals surface area contributed by atoms with Crippen LogP contribution in [0, 0.1) is 6.92 Å². The van der Waals surface area contributed by atoms with Gasteiger partial charge in [-0.2, -0.15) is 0 Å². The fourth-order valence-corrected chi connectivity index (χ4v) is 6.08. The molecule has 0 bridgehead atoms. The molecular formula is C26H31ClN2O3S2. The minimum Gasteiger partial charge on any atom is -0.465 e. The van der Waals surface area contributed by atoms with E-state index in [9.17, 15) is 9.00 Å². The minimum absolute atomic E-state index is 0.243. The maximum Gasteiger partial charge on any atom is 0.293 e. The molecule has 5 nitrogen and oxygen atoms in total. The van der Waals surface area contributed by atoms with E-state index >= 15 is 0 Å². The van der Waals surface area contributed by atoms with Crippen LogP contribution >= 0.6 is 22.9 Å². The Morgan fingerprint density at radius 2 is 1.94 bits per heavy atom. The number of aryl methyl sites for hydroxylation is 1. The summed E-state index contributed by atoms with van der Waals surface area (Å²) >= 11 is 7.77. The zero-order valence-electron chi connectivity index (χ0n) is 19.8. The van der Waals surface area contributed by atoms with Crippen LogP contribution in [-0.2, 0) is 26.8 Å². The molecule has 1 N–H and O–H groups in total. The summed E-state index contributed by atoms with van der Waals surface area (Å²) in [5.41, 5.74) is 3.26. The molecule has 4 rings (SSSR count). The van der Waals surface area contributed by atoms with Gasteiger partial charge in [0, 0.05) is 12.3 Å². The van der Waals surface area contributed by atoms with E-state index in [1.165, 1.54) is 18.4 Å². The Kier molecular flexibility index (Phi) is 10.1. The summed E-state index contributed by atoms with van der Waals surface area (Å²) < 4.78 is 16.6. The molecule has 182 valence electrons. The topological polar surface area (TPSA) is 68.3 Å². The van der Waals surface area contributed by atoms with Gasteiger partial charge in [-0.05, 0) is 69.2 Å². The third-order valence-corrected chi connectivity index (χ3v) is 8.14. The van der Waals surface area contributed by atoms with E-state index in [1.807, 2.05) is 25.1 Å². The number of benzene rings is 2. The van der Waals surface area contributed by atoms with Crippen molar-refractivity contribution in [3.63, 3.8) is 0 Å². The highest BCUT2D eigenvalue weighted by atomic mass is 35.5. The number of hydrogen-bond acceptors (Lipinski definition) is 6. The maximum absolute atomic E-state index is 11.9. The van der Waals surface area contributed by atoms with Gasteiger partial charge in [0.2, 0.25) is 0 Å². The Hall–Kier alpha value is -2.22. The molecule has 0 amide bonds. The molecule has 1 aliphatic carbocycles. The van der Waals surface area contributed by atoms with E-state index < -0.39 is 10.8 Å². The molecule has 0 saturated heterocycles. The Balaban J connectivity index is 0.000000343. The number of hydrogen-bond donors (Lipinski definition) is 1. The first kappa shape index (κ1) is 26.4. The van der Waals surface area contributed by atoms with Crippen molar-refractivity contribution in [1.29, 1.82) is 0 Å². The number of anilines is 1. The molecule has 3 aromatic rings. The van der Waals surface area contributed by atoms with Crippen molar-refractivity contribution in [2.24, 2.45) is 0 Å². The fourth-order valence-electron chi connectivity index (χ4n) is 3.92. The first-order valence-electron chi connectivity index (χ1n) is 11.4. The van der Waals surface area contributed by atoms with Crippen LogP contribution in [0.1, 0.15) is 43.9 Å². The SMILES string of the molecule is Cc1nc(NC(C)Cc2ccccc2)sc1-c1ccc(Cl)c(S(C)=O)c1.O=COC1CCCC1. The maximum atomic E-state index is 11.9. The third kappa shape index (κ3) is 7.65. The summed E-state index contributed by atoms with van der Waals surface area (Å²) in [4.78, 5) is 16.1. The average Bonchev–Trinajstić information content (AvgIpc) is 3.45. The second-order valence-corrected chi connectivity index (χ2v) is 11.2. The van der Waals surface area contributed by atoms with Gasteiger partial charge >= 0.3 is 0 Å². The standard InChI is InChI=1S/C20H21ClN2OS2.C6H10O2/c1-13(11-15-7-5-4-6-8-15)22-20-23-14(2)19(25-20)16-9-10-17(21)18(12-16)26(3)24;7-5-8-6-3-1-2-4-6/h4-10,12-13H,11H2,1-3H3,(H,22,23);5-6H,1-4H2. The molecule has 0 spiro atoms. The highest BCUT2D eigenvalue weighted by molar-refractivity contribution is 7.84. The quantitative estimate of drug-likeness (QED) is 0.338. The van der Waals surface area contributed by atoms with E-state index in [0.29, 0.717) is 16.4 Å². The lowest BCUT2D eigenvalue weighted by Gasteiger charge is -2.12. The number of aromatic nitrogens is 1. The predicted octanol–water partition coefficient (Wildman–Crippen LogP) is 6.65. The van der Waals surface area contributed by atoms with Crippen LogP contribution in [0.2, 0.25) is 5.02 Å². The molecule has 2 aromatic carbocycles. The van der Waals surface area contributed by atoms with Crippen molar-refractivity contribution in [2.45, 2.75) is 63.0 Å².